The first-order valence-electron chi connectivity index (χ1n) is 8.99. The number of fused-ring (bicyclic) bond motifs is 1. The van der Waals surface area contributed by atoms with Crippen LogP contribution in [0.5, 0.6) is 0 Å². The number of esters is 1. The molecule has 0 aliphatic carbocycles. The maximum Gasteiger partial charge on any atom is 0.340 e. The fraction of sp³-hybridized carbons (Fsp3) is 0.0435. The van der Waals surface area contributed by atoms with E-state index in [4.69, 9.17) is 17.0 Å². The Morgan fingerprint density at radius 2 is 1.66 bits per heavy atom. The van der Waals surface area contributed by atoms with Crippen molar-refractivity contribution in [2.24, 2.45) is 0 Å². The molecule has 0 fully saturated rings. The summed E-state index contributed by atoms with van der Waals surface area (Å²) in [5.74, 6) is -0.404. The molecule has 0 saturated heterocycles. The molecule has 0 bridgehead atoms. The number of methoxy groups -OCH3 is 1. The number of nitrogens with one attached hydrogen (secondary N) is 2. The zero-order valence-corrected chi connectivity index (χ0v) is 17.3. The molecule has 3 aromatic carbocycles. The van der Waals surface area contributed by atoms with Crippen LogP contribution in [-0.2, 0) is 4.74 Å². The number of ether oxygens (including phenoxy) is 1. The first kappa shape index (κ1) is 19.1. The highest BCUT2D eigenvalue weighted by molar-refractivity contribution is 7.80. The Labute approximate surface area is 178 Å². The van der Waals surface area contributed by atoms with Crippen molar-refractivity contribution in [3.05, 3.63) is 84.4 Å². The standard InChI is InChI=1S/C23H18N2O2S2/c1-27-22(26)18-14-20(16-9-3-2-4-10-16)29-21(18)25-23(28)24-19-13-7-11-15-8-5-6-12-17(15)19/h2-14H,1H3,(H2,24,25,28). The number of thiocarbonyl (C=S) groups is 1. The molecule has 4 nitrogen and oxygen atoms in total. The third kappa shape index (κ3) is 4.13. The molecule has 0 spiro atoms. The molecule has 4 rings (SSSR count). The summed E-state index contributed by atoms with van der Waals surface area (Å²) in [6.45, 7) is 0. The van der Waals surface area contributed by atoms with Crippen molar-refractivity contribution in [1.82, 2.24) is 0 Å². The smallest absolute Gasteiger partial charge is 0.340 e. The van der Waals surface area contributed by atoms with Crippen molar-refractivity contribution in [2.75, 3.05) is 17.7 Å². The molecule has 4 aromatic rings. The lowest BCUT2D eigenvalue weighted by Crippen LogP contribution is -2.20. The highest BCUT2D eigenvalue weighted by atomic mass is 32.1. The third-order valence-corrected chi connectivity index (χ3v) is 5.76. The average Bonchev–Trinajstić information content (AvgIpc) is 3.17. The lowest BCUT2D eigenvalue weighted by Gasteiger charge is -2.12. The maximum atomic E-state index is 12.3. The van der Waals surface area contributed by atoms with Gasteiger partial charge in [0.2, 0.25) is 0 Å². The molecular formula is C23H18N2O2S2. The van der Waals surface area contributed by atoms with E-state index in [1.165, 1.54) is 18.4 Å². The summed E-state index contributed by atoms with van der Waals surface area (Å²) in [7, 11) is 1.37. The molecule has 2 N–H and O–H groups in total. The second kappa shape index (κ2) is 8.43. The van der Waals surface area contributed by atoms with E-state index in [1.807, 2.05) is 66.7 Å². The van der Waals surface area contributed by atoms with Crippen molar-refractivity contribution < 1.29 is 9.53 Å². The van der Waals surface area contributed by atoms with Crippen LogP contribution < -0.4 is 10.6 Å². The van der Waals surface area contributed by atoms with Gasteiger partial charge in [0.25, 0.3) is 0 Å². The quantitative estimate of drug-likeness (QED) is 0.307. The van der Waals surface area contributed by atoms with Gasteiger partial charge < -0.3 is 15.4 Å². The third-order valence-electron chi connectivity index (χ3n) is 4.46. The van der Waals surface area contributed by atoms with Gasteiger partial charge in [-0.05, 0) is 35.3 Å². The summed E-state index contributed by atoms with van der Waals surface area (Å²) in [6.07, 6.45) is 0. The monoisotopic (exact) mass is 418 g/mol. The lowest BCUT2D eigenvalue weighted by atomic mass is 10.1. The Balaban J connectivity index is 1.62. The summed E-state index contributed by atoms with van der Waals surface area (Å²) in [5.41, 5.74) is 2.39. The van der Waals surface area contributed by atoms with E-state index in [1.54, 1.807) is 0 Å². The zero-order valence-electron chi connectivity index (χ0n) is 15.6. The van der Waals surface area contributed by atoms with Crippen LogP contribution in [0.25, 0.3) is 21.2 Å². The molecule has 29 heavy (non-hydrogen) atoms. The molecule has 0 aliphatic heterocycles. The second-order valence-electron chi connectivity index (χ2n) is 6.32. The van der Waals surface area contributed by atoms with Gasteiger partial charge in [-0.25, -0.2) is 4.79 Å². The van der Waals surface area contributed by atoms with Gasteiger partial charge in [0.05, 0.1) is 12.7 Å². The molecule has 0 atom stereocenters. The van der Waals surface area contributed by atoms with Gasteiger partial charge in [0.1, 0.15) is 5.00 Å². The minimum atomic E-state index is -0.404. The van der Waals surface area contributed by atoms with Crippen molar-refractivity contribution in [1.29, 1.82) is 0 Å². The molecule has 0 radical (unpaired) electrons. The van der Waals surface area contributed by atoms with Crippen LogP contribution in [-0.4, -0.2) is 18.2 Å². The topological polar surface area (TPSA) is 50.4 Å². The SMILES string of the molecule is COC(=O)c1cc(-c2ccccc2)sc1NC(=S)Nc1cccc2ccccc12. The van der Waals surface area contributed by atoms with E-state index >= 15 is 0 Å². The lowest BCUT2D eigenvalue weighted by molar-refractivity contribution is 0.0602. The van der Waals surface area contributed by atoms with E-state index in [9.17, 15) is 4.79 Å². The molecule has 0 saturated carbocycles. The molecular weight excluding hydrogens is 400 g/mol. The number of thiophene rings is 1. The van der Waals surface area contributed by atoms with Crippen LogP contribution >= 0.6 is 23.6 Å². The maximum absolute atomic E-state index is 12.3. The minimum absolute atomic E-state index is 0.404. The largest absolute Gasteiger partial charge is 0.465 e. The van der Waals surface area contributed by atoms with Gasteiger partial charge in [-0.1, -0.05) is 66.7 Å². The summed E-state index contributed by atoms with van der Waals surface area (Å²) >= 11 is 6.98. The highest BCUT2D eigenvalue weighted by Crippen LogP contribution is 2.36. The van der Waals surface area contributed by atoms with E-state index in [0.29, 0.717) is 15.7 Å². The van der Waals surface area contributed by atoms with Gasteiger partial charge in [0.15, 0.2) is 5.11 Å². The molecule has 1 heterocycles. The molecule has 0 amide bonds. The zero-order chi connectivity index (χ0) is 20.2. The number of rotatable bonds is 4. The van der Waals surface area contributed by atoms with Crippen molar-refractivity contribution in [2.45, 2.75) is 0 Å². The number of hydrogen-bond acceptors (Lipinski definition) is 4. The number of anilines is 2. The van der Waals surface area contributed by atoms with Gasteiger partial charge >= 0.3 is 5.97 Å². The highest BCUT2D eigenvalue weighted by Gasteiger charge is 2.18. The Kier molecular flexibility index (Phi) is 5.55. The Morgan fingerprint density at radius 3 is 2.45 bits per heavy atom. The van der Waals surface area contributed by atoms with Crippen LogP contribution in [0.15, 0.2) is 78.9 Å². The van der Waals surface area contributed by atoms with Gasteiger partial charge in [-0.2, -0.15) is 0 Å². The molecule has 6 heteroatoms. The van der Waals surface area contributed by atoms with Gasteiger partial charge in [-0.3, -0.25) is 0 Å². The van der Waals surface area contributed by atoms with Crippen LogP contribution in [0.3, 0.4) is 0 Å². The Hall–Kier alpha value is -3.22. The number of hydrogen-bond donors (Lipinski definition) is 2. The second-order valence-corrected chi connectivity index (χ2v) is 7.78. The van der Waals surface area contributed by atoms with Crippen LogP contribution in [0.1, 0.15) is 10.4 Å². The van der Waals surface area contributed by atoms with Crippen molar-refractivity contribution in [3.63, 3.8) is 0 Å². The first-order valence-corrected chi connectivity index (χ1v) is 10.2. The predicted molar refractivity (Wildman–Crippen MR) is 125 cm³/mol. The average molecular weight is 419 g/mol. The first-order chi connectivity index (χ1) is 14.2. The van der Waals surface area contributed by atoms with Crippen LogP contribution in [0.2, 0.25) is 0 Å². The molecule has 144 valence electrons. The molecule has 0 aliphatic rings. The summed E-state index contributed by atoms with van der Waals surface area (Å²) in [4.78, 5) is 13.2. The minimum Gasteiger partial charge on any atom is -0.465 e. The number of benzene rings is 3. The van der Waals surface area contributed by atoms with Gasteiger partial charge in [0, 0.05) is 16.0 Å². The summed E-state index contributed by atoms with van der Waals surface area (Å²) in [5, 5.41) is 9.66. The van der Waals surface area contributed by atoms with E-state index in [-0.39, 0.29) is 0 Å². The van der Waals surface area contributed by atoms with Crippen LogP contribution in [0, 0.1) is 0 Å². The summed E-state index contributed by atoms with van der Waals surface area (Å²) in [6, 6.07) is 25.8. The van der Waals surface area contributed by atoms with Crippen molar-refractivity contribution >= 4 is 56.1 Å². The molecule has 1 aromatic heterocycles. The fourth-order valence-electron chi connectivity index (χ4n) is 3.08. The Morgan fingerprint density at radius 1 is 0.931 bits per heavy atom. The van der Waals surface area contributed by atoms with Crippen molar-refractivity contribution in [3.8, 4) is 10.4 Å². The summed E-state index contributed by atoms with van der Waals surface area (Å²) < 4.78 is 4.95. The van der Waals surface area contributed by atoms with Crippen LogP contribution in [0.4, 0.5) is 10.7 Å². The molecule has 0 unspecified atom stereocenters. The van der Waals surface area contributed by atoms with Gasteiger partial charge in [-0.15, -0.1) is 11.3 Å². The van der Waals surface area contributed by atoms with E-state index in [2.05, 4.69) is 22.8 Å². The fourth-order valence-corrected chi connectivity index (χ4v) is 4.41. The van der Waals surface area contributed by atoms with E-state index in [0.717, 1.165) is 26.9 Å². The number of carbonyl (C=O) groups excluding carboxylic acids is 1. The predicted octanol–water partition coefficient (Wildman–Crippen LogP) is 6.16. The van der Waals surface area contributed by atoms with E-state index < -0.39 is 5.97 Å². The normalized spacial score (nSPS) is 10.5. The number of carbonyl (C=O) groups is 1. The Bertz CT molecular complexity index is 1180.